The normalized spacial score (nSPS) is 20.1. The van der Waals surface area contributed by atoms with Crippen LogP contribution in [0.25, 0.3) is 10.9 Å². The molecule has 1 aromatic heterocycles. The zero-order valence-electron chi connectivity index (χ0n) is 11.7. The van der Waals surface area contributed by atoms with Crippen molar-refractivity contribution in [2.45, 2.75) is 25.3 Å². The number of aromatic nitrogens is 1. The largest absolute Gasteiger partial charge is 0.377 e. The van der Waals surface area contributed by atoms with Crippen molar-refractivity contribution in [3.63, 3.8) is 0 Å². The molecule has 1 fully saturated rings. The fraction of sp³-hybridized carbons (Fsp3) is 0.438. The van der Waals surface area contributed by atoms with E-state index in [0.29, 0.717) is 5.88 Å². The minimum atomic E-state index is 0.254. The minimum Gasteiger partial charge on any atom is -0.377 e. The van der Waals surface area contributed by atoms with Crippen LogP contribution in [0.4, 0.5) is 5.69 Å². The van der Waals surface area contributed by atoms with E-state index in [2.05, 4.69) is 35.0 Å². The van der Waals surface area contributed by atoms with Crippen LogP contribution in [0.5, 0.6) is 0 Å². The molecule has 3 rings (SSSR count). The Labute approximate surface area is 124 Å². The van der Waals surface area contributed by atoms with Crippen LogP contribution in [0.2, 0.25) is 0 Å². The van der Waals surface area contributed by atoms with E-state index in [1.54, 1.807) is 0 Å². The summed E-state index contributed by atoms with van der Waals surface area (Å²) in [6.45, 7) is 4.89. The lowest BCUT2D eigenvalue weighted by Gasteiger charge is -2.26. The lowest BCUT2D eigenvalue weighted by atomic mass is 10.1. The lowest BCUT2D eigenvalue weighted by Crippen LogP contribution is -2.30. The van der Waals surface area contributed by atoms with Crippen LogP contribution in [-0.2, 0) is 10.6 Å². The number of alkyl halides is 1. The third kappa shape index (κ3) is 2.74. The van der Waals surface area contributed by atoms with Gasteiger partial charge in [0.05, 0.1) is 23.2 Å². The third-order valence-electron chi connectivity index (χ3n) is 3.68. The fourth-order valence-corrected chi connectivity index (χ4v) is 2.89. The molecule has 0 radical (unpaired) electrons. The molecule has 106 valence electrons. The average Bonchev–Trinajstić information content (AvgIpc) is 2.70. The summed E-state index contributed by atoms with van der Waals surface area (Å²) in [4.78, 5) is 7.00. The molecule has 4 heteroatoms. The molecule has 1 aromatic carbocycles. The van der Waals surface area contributed by atoms with E-state index in [4.69, 9.17) is 16.3 Å². The molecule has 0 saturated carbocycles. The van der Waals surface area contributed by atoms with Crippen molar-refractivity contribution < 1.29 is 4.74 Å². The molecule has 1 aliphatic rings. The first-order valence-electron chi connectivity index (χ1n) is 7.09. The molecule has 1 aliphatic heterocycles. The average molecular weight is 291 g/mol. The van der Waals surface area contributed by atoms with Gasteiger partial charge in [-0.3, -0.25) is 4.98 Å². The lowest BCUT2D eigenvalue weighted by molar-refractivity contribution is 0.0821. The van der Waals surface area contributed by atoms with Crippen LogP contribution in [0.3, 0.4) is 0 Å². The van der Waals surface area contributed by atoms with Gasteiger partial charge in [-0.1, -0.05) is 18.2 Å². The molecule has 20 heavy (non-hydrogen) atoms. The first-order chi connectivity index (χ1) is 9.78. The Bertz CT molecular complexity index is 602. The SMILES string of the molecule is CC1CN(c2cc(CCl)nc3ccccc23)CCCO1. The van der Waals surface area contributed by atoms with Crippen LogP contribution in [0.1, 0.15) is 19.0 Å². The number of hydrogen-bond acceptors (Lipinski definition) is 3. The number of para-hydroxylation sites is 1. The molecular formula is C16H19ClN2O. The van der Waals surface area contributed by atoms with E-state index in [-0.39, 0.29) is 6.10 Å². The second-order valence-electron chi connectivity index (χ2n) is 5.26. The monoisotopic (exact) mass is 290 g/mol. The van der Waals surface area contributed by atoms with E-state index in [1.165, 1.54) is 11.1 Å². The van der Waals surface area contributed by atoms with Gasteiger partial charge in [0.15, 0.2) is 0 Å². The Morgan fingerprint density at radius 1 is 1.40 bits per heavy atom. The molecule has 2 aromatic rings. The number of anilines is 1. The van der Waals surface area contributed by atoms with Gasteiger partial charge in [0, 0.05) is 30.8 Å². The highest BCUT2D eigenvalue weighted by Gasteiger charge is 2.18. The van der Waals surface area contributed by atoms with Crippen LogP contribution in [0, 0.1) is 0 Å². The molecule has 1 atom stereocenters. The van der Waals surface area contributed by atoms with Gasteiger partial charge < -0.3 is 9.64 Å². The predicted octanol–water partition coefficient (Wildman–Crippen LogP) is 3.59. The van der Waals surface area contributed by atoms with Gasteiger partial charge in [-0.2, -0.15) is 0 Å². The molecule has 0 amide bonds. The maximum absolute atomic E-state index is 5.99. The zero-order chi connectivity index (χ0) is 13.9. The number of nitrogens with zero attached hydrogens (tertiary/aromatic N) is 2. The highest BCUT2D eigenvalue weighted by Crippen LogP contribution is 2.28. The number of ether oxygens (including phenoxy) is 1. The number of pyridine rings is 1. The second kappa shape index (κ2) is 5.98. The summed E-state index contributed by atoms with van der Waals surface area (Å²) in [5, 5.41) is 1.19. The molecule has 0 N–H and O–H groups in total. The quantitative estimate of drug-likeness (QED) is 0.791. The third-order valence-corrected chi connectivity index (χ3v) is 3.95. The van der Waals surface area contributed by atoms with Gasteiger partial charge in [0.2, 0.25) is 0 Å². The second-order valence-corrected chi connectivity index (χ2v) is 5.53. The van der Waals surface area contributed by atoms with Gasteiger partial charge in [0.1, 0.15) is 0 Å². The summed E-state index contributed by atoms with van der Waals surface area (Å²) in [7, 11) is 0. The number of hydrogen-bond donors (Lipinski definition) is 0. The Morgan fingerprint density at radius 2 is 2.25 bits per heavy atom. The van der Waals surface area contributed by atoms with Crippen molar-refractivity contribution in [2.75, 3.05) is 24.6 Å². The molecular weight excluding hydrogens is 272 g/mol. The van der Waals surface area contributed by atoms with E-state index in [0.717, 1.165) is 37.3 Å². The van der Waals surface area contributed by atoms with Crippen LogP contribution in [-0.4, -0.2) is 30.8 Å². The van der Waals surface area contributed by atoms with E-state index in [9.17, 15) is 0 Å². The van der Waals surface area contributed by atoms with Crippen molar-refractivity contribution in [3.05, 3.63) is 36.0 Å². The molecule has 3 nitrogen and oxygen atoms in total. The van der Waals surface area contributed by atoms with Gasteiger partial charge in [-0.05, 0) is 25.5 Å². The molecule has 0 aliphatic carbocycles. The fourth-order valence-electron chi connectivity index (χ4n) is 2.75. The predicted molar refractivity (Wildman–Crippen MR) is 83.5 cm³/mol. The van der Waals surface area contributed by atoms with Crippen molar-refractivity contribution in [1.82, 2.24) is 4.98 Å². The van der Waals surface area contributed by atoms with E-state index in [1.807, 2.05) is 12.1 Å². The van der Waals surface area contributed by atoms with Crippen molar-refractivity contribution >= 4 is 28.2 Å². The number of benzene rings is 1. The summed E-state index contributed by atoms with van der Waals surface area (Å²) in [5.74, 6) is 0.442. The summed E-state index contributed by atoms with van der Waals surface area (Å²) in [6, 6.07) is 10.4. The molecule has 0 bridgehead atoms. The standard InChI is InChI=1S/C16H19ClN2O/c1-12-11-19(7-4-8-20-12)16-9-13(10-17)18-15-6-3-2-5-14(15)16/h2-3,5-6,9,12H,4,7-8,10-11H2,1H3. The van der Waals surface area contributed by atoms with E-state index < -0.39 is 0 Å². The van der Waals surface area contributed by atoms with Gasteiger partial charge in [-0.15, -0.1) is 11.6 Å². The number of rotatable bonds is 2. The van der Waals surface area contributed by atoms with E-state index >= 15 is 0 Å². The molecule has 0 spiro atoms. The number of fused-ring (bicyclic) bond motifs is 1. The highest BCUT2D eigenvalue weighted by molar-refractivity contribution is 6.17. The highest BCUT2D eigenvalue weighted by atomic mass is 35.5. The summed E-state index contributed by atoms with van der Waals surface area (Å²) in [5.41, 5.74) is 3.17. The number of halogens is 1. The van der Waals surface area contributed by atoms with Crippen molar-refractivity contribution in [2.24, 2.45) is 0 Å². The Morgan fingerprint density at radius 3 is 3.10 bits per heavy atom. The molecule has 1 saturated heterocycles. The topological polar surface area (TPSA) is 25.4 Å². The van der Waals surface area contributed by atoms with Crippen LogP contribution < -0.4 is 4.90 Å². The summed E-state index contributed by atoms with van der Waals surface area (Å²) in [6.07, 6.45) is 1.31. The first-order valence-corrected chi connectivity index (χ1v) is 7.62. The van der Waals surface area contributed by atoms with Crippen molar-refractivity contribution in [3.8, 4) is 0 Å². The minimum absolute atomic E-state index is 0.254. The Hall–Kier alpha value is -1.32. The Kier molecular flexibility index (Phi) is 4.08. The summed E-state index contributed by atoms with van der Waals surface area (Å²) >= 11 is 5.99. The molecule has 1 unspecified atom stereocenters. The first kappa shape index (κ1) is 13.7. The van der Waals surface area contributed by atoms with Gasteiger partial charge in [-0.25, -0.2) is 0 Å². The smallest absolute Gasteiger partial charge is 0.0726 e. The maximum Gasteiger partial charge on any atom is 0.0726 e. The Balaban J connectivity index is 2.08. The molecule has 2 heterocycles. The van der Waals surface area contributed by atoms with Crippen LogP contribution in [0.15, 0.2) is 30.3 Å². The maximum atomic E-state index is 5.99. The summed E-state index contributed by atoms with van der Waals surface area (Å²) < 4.78 is 5.74. The van der Waals surface area contributed by atoms with Gasteiger partial charge >= 0.3 is 0 Å². The van der Waals surface area contributed by atoms with Gasteiger partial charge in [0.25, 0.3) is 0 Å². The zero-order valence-corrected chi connectivity index (χ0v) is 12.4. The van der Waals surface area contributed by atoms with Crippen LogP contribution >= 0.6 is 11.6 Å². The van der Waals surface area contributed by atoms with Crippen molar-refractivity contribution in [1.29, 1.82) is 0 Å².